The van der Waals surface area contributed by atoms with Crippen LogP contribution < -0.4 is 15.4 Å². The Morgan fingerprint density at radius 3 is 2.20 bits per heavy atom. The Kier molecular flexibility index (Phi) is 5.76. The first-order valence-electron chi connectivity index (χ1n) is 7.32. The van der Waals surface area contributed by atoms with E-state index >= 15 is 0 Å². The van der Waals surface area contributed by atoms with Crippen LogP contribution in [-0.4, -0.2) is 32.1 Å². The van der Waals surface area contributed by atoms with Crippen molar-refractivity contribution in [3.8, 4) is 5.75 Å². The number of carbonyl (C=O) groups is 3. The molecule has 0 radical (unpaired) electrons. The maximum atomic E-state index is 12.4. The van der Waals surface area contributed by atoms with Gasteiger partial charge in [0.1, 0.15) is 10.8 Å². The molecule has 0 atom stereocenters. The fourth-order valence-corrected chi connectivity index (χ4v) is 3.17. The van der Waals surface area contributed by atoms with E-state index in [2.05, 4.69) is 15.4 Å². The number of imide groups is 1. The minimum absolute atomic E-state index is 0.245. The second kappa shape index (κ2) is 7.80. The number of rotatable bonds is 4. The first-order chi connectivity index (χ1) is 11.9. The number of ether oxygens (including phenoxy) is 2. The molecule has 7 nitrogen and oxygen atoms in total. The van der Waals surface area contributed by atoms with E-state index in [4.69, 9.17) is 4.74 Å². The normalized spacial score (nSPS) is 10.1. The zero-order valence-corrected chi connectivity index (χ0v) is 15.1. The molecule has 8 heteroatoms. The molecule has 1 heterocycles. The lowest BCUT2D eigenvalue weighted by molar-refractivity contribution is 0.0937. The van der Waals surface area contributed by atoms with Crippen molar-refractivity contribution >= 4 is 34.2 Å². The Bertz CT molecular complexity index is 811. The van der Waals surface area contributed by atoms with Crippen molar-refractivity contribution < 1.29 is 23.9 Å². The lowest BCUT2D eigenvalue weighted by Crippen LogP contribution is -2.31. The van der Waals surface area contributed by atoms with Gasteiger partial charge in [0, 0.05) is 10.4 Å². The highest BCUT2D eigenvalue weighted by atomic mass is 32.1. The van der Waals surface area contributed by atoms with Gasteiger partial charge in [-0.1, -0.05) is 0 Å². The van der Waals surface area contributed by atoms with Crippen molar-refractivity contribution in [3.05, 3.63) is 45.8 Å². The molecule has 0 spiro atoms. The maximum Gasteiger partial charge on any atom is 0.413 e. The van der Waals surface area contributed by atoms with E-state index in [1.165, 1.54) is 18.4 Å². The van der Waals surface area contributed by atoms with Gasteiger partial charge in [0.25, 0.3) is 11.8 Å². The summed E-state index contributed by atoms with van der Waals surface area (Å²) >= 11 is 1.27. The molecule has 0 aliphatic carbocycles. The van der Waals surface area contributed by atoms with Gasteiger partial charge >= 0.3 is 6.09 Å². The summed E-state index contributed by atoms with van der Waals surface area (Å²) in [6.07, 6.45) is -0.860. The summed E-state index contributed by atoms with van der Waals surface area (Å²) in [4.78, 5) is 36.9. The summed E-state index contributed by atoms with van der Waals surface area (Å²) in [6, 6.07) is 6.58. The minimum Gasteiger partial charge on any atom is -0.497 e. The predicted octanol–water partition coefficient (Wildman–Crippen LogP) is 3.12. The largest absolute Gasteiger partial charge is 0.497 e. The summed E-state index contributed by atoms with van der Waals surface area (Å²) in [5.41, 5.74) is 1.36. The Labute approximate surface area is 148 Å². The van der Waals surface area contributed by atoms with Gasteiger partial charge in [0.2, 0.25) is 0 Å². The van der Waals surface area contributed by atoms with Crippen LogP contribution in [0.1, 0.15) is 31.2 Å². The van der Waals surface area contributed by atoms with Crippen molar-refractivity contribution in [2.75, 3.05) is 19.5 Å². The lowest BCUT2D eigenvalue weighted by Gasteiger charge is -2.08. The third-order valence-corrected chi connectivity index (χ3v) is 4.72. The Hall–Kier alpha value is -2.87. The molecule has 25 heavy (non-hydrogen) atoms. The molecule has 2 aromatic rings. The molecule has 0 aliphatic rings. The average Bonchev–Trinajstić information content (AvgIpc) is 2.88. The SMILES string of the molecule is COC(=O)NC(=O)c1c(NC(=O)c2ccc(OC)cc2)sc(C)c1C. The number of hydrogen-bond acceptors (Lipinski definition) is 6. The monoisotopic (exact) mass is 362 g/mol. The third kappa shape index (κ3) is 4.16. The summed E-state index contributed by atoms with van der Waals surface area (Å²) in [6.45, 7) is 3.58. The van der Waals surface area contributed by atoms with Gasteiger partial charge in [-0.15, -0.1) is 11.3 Å². The topological polar surface area (TPSA) is 93.7 Å². The number of nitrogens with one attached hydrogen (secondary N) is 2. The summed E-state index contributed by atoms with van der Waals surface area (Å²) < 4.78 is 9.49. The molecule has 3 amide bonds. The van der Waals surface area contributed by atoms with E-state index in [1.807, 2.05) is 6.92 Å². The molecule has 0 unspecified atom stereocenters. The smallest absolute Gasteiger partial charge is 0.413 e. The Balaban J connectivity index is 2.26. The number of hydrogen-bond donors (Lipinski definition) is 2. The summed E-state index contributed by atoms with van der Waals surface area (Å²) in [7, 11) is 2.71. The molecule has 0 aliphatic heterocycles. The van der Waals surface area contributed by atoms with Gasteiger partial charge in [0.15, 0.2) is 0 Å². The highest BCUT2D eigenvalue weighted by Crippen LogP contribution is 2.32. The van der Waals surface area contributed by atoms with Gasteiger partial charge in [-0.2, -0.15) is 0 Å². The summed E-state index contributed by atoms with van der Waals surface area (Å²) in [5, 5.41) is 5.20. The molecule has 0 saturated carbocycles. The molecule has 1 aromatic carbocycles. The quantitative estimate of drug-likeness (QED) is 0.871. The first-order valence-corrected chi connectivity index (χ1v) is 8.13. The van der Waals surface area contributed by atoms with Crippen LogP contribution >= 0.6 is 11.3 Å². The molecule has 0 bridgehead atoms. The van der Waals surface area contributed by atoms with E-state index in [9.17, 15) is 14.4 Å². The lowest BCUT2D eigenvalue weighted by atomic mass is 10.1. The molecule has 0 fully saturated rings. The number of amides is 3. The fourth-order valence-electron chi connectivity index (χ4n) is 2.11. The van der Waals surface area contributed by atoms with Crippen LogP contribution in [0.2, 0.25) is 0 Å². The van der Waals surface area contributed by atoms with Crippen LogP contribution in [0.25, 0.3) is 0 Å². The highest BCUT2D eigenvalue weighted by molar-refractivity contribution is 7.16. The van der Waals surface area contributed by atoms with Gasteiger partial charge < -0.3 is 14.8 Å². The van der Waals surface area contributed by atoms with Gasteiger partial charge in [0.05, 0.1) is 19.8 Å². The maximum absolute atomic E-state index is 12.4. The van der Waals surface area contributed by atoms with Crippen molar-refractivity contribution in [1.82, 2.24) is 5.32 Å². The molecular weight excluding hydrogens is 344 g/mol. The number of methoxy groups -OCH3 is 2. The number of carbonyl (C=O) groups excluding carboxylic acids is 3. The number of benzene rings is 1. The molecule has 1 aromatic heterocycles. The zero-order chi connectivity index (χ0) is 18.6. The van der Waals surface area contributed by atoms with E-state index in [1.54, 1.807) is 38.3 Å². The van der Waals surface area contributed by atoms with Gasteiger partial charge in [-0.25, -0.2) is 4.79 Å². The Morgan fingerprint density at radius 2 is 1.64 bits per heavy atom. The van der Waals surface area contributed by atoms with Crippen LogP contribution in [0.15, 0.2) is 24.3 Å². The third-order valence-electron chi connectivity index (χ3n) is 3.59. The summed E-state index contributed by atoms with van der Waals surface area (Å²) in [5.74, 6) is -0.354. The van der Waals surface area contributed by atoms with E-state index in [-0.39, 0.29) is 11.5 Å². The molecular formula is C17H18N2O5S. The number of aryl methyl sites for hydroxylation is 1. The molecule has 2 N–H and O–H groups in total. The molecule has 0 saturated heterocycles. The fraction of sp³-hybridized carbons (Fsp3) is 0.235. The van der Waals surface area contributed by atoms with Crippen molar-refractivity contribution in [2.24, 2.45) is 0 Å². The van der Waals surface area contributed by atoms with Crippen molar-refractivity contribution in [1.29, 1.82) is 0 Å². The van der Waals surface area contributed by atoms with Gasteiger partial charge in [-0.05, 0) is 43.7 Å². The van der Waals surface area contributed by atoms with E-state index in [0.29, 0.717) is 21.9 Å². The van der Waals surface area contributed by atoms with Crippen LogP contribution in [0, 0.1) is 13.8 Å². The number of alkyl carbamates (subject to hydrolysis) is 1. The Morgan fingerprint density at radius 1 is 1.00 bits per heavy atom. The zero-order valence-electron chi connectivity index (χ0n) is 14.3. The van der Waals surface area contributed by atoms with Crippen LogP contribution in [0.5, 0.6) is 5.75 Å². The first kappa shape index (κ1) is 18.5. The van der Waals surface area contributed by atoms with Crippen LogP contribution in [0.3, 0.4) is 0 Å². The highest BCUT2D eigenvalue weighted by Gasteiger charge is 2.23. The second-order valence-corrected chi connectivity index (χ2v) is 6.34. The molecule has 2 rings (SSSR count). The number of anilines is 1. The standard InChI is InChI=1S/C17H18N2O5S/c1-9-10(2)25-16(13(9)15(21)19-17(22)24-4)18-14(20)11-5-7-12(23-3)8-6-11/h5-8H,1-4H3,(H,18,20)(H,19,21,22). The van der Waals surface area contributed by atoms with Crippen LogP contribution in [-0.2, 0) is 4.74 Å². The second-order valence-electron chi connectivity index (χ2n) is 5.12. The van der Waals surface area contributed by atoms with Crippen molar-refractivity contribution in [3.63, 3.8) is 0 Å². The van der Waals surface area contributed by atoms with Crippen LogP contribution in [0.4, 0.5) is 9.80 Å². The van der Waals surface area contributed by atoms with E-state index < -0.39 is 12.0 Å². The minimum atomic E-state index is -0.860. The predicted molar refractivity (Wildman–Crippen MR) is 94.6 cm³/mol. The van der Waals surface area contributed by atoms with Crippen molar-refractivity contribution in [2.45, 2.75) is 13.8 Å². The number of thiophene rings is 1. The average molecular weight is 362 g/mol. The van der Waals surface area contributed by atoms with Gasteiger partial charge in [-0.3, -0.25) is 14.9 Å². The van der Waals surface area contributed by atoms with E-state index in [0.717, 1.165) is 4.88 Å². The molecule has 132 valence electrons.